The Bertz CT molecular complexity index is 11300. The Morgan fingerprint density at radius 1 is 0.100 bits per heavy atom. The Labute approximate surface area is 860 Å². The molecule has 4 heterocycles. The van der Waals surface area contributed by atoms with Crippen LogP contribution in [0.1, 0.15) is 0 Å². The first-order chi connectivity index (χ1) is 74.4. The Morgan fingerprint density at radius 3 is 0.753 bits per heavy atom. The van der Waals surface area contributed by atoms with Crippen molar-refractivity contribution in [1.82, 2.24) is 0 Å². The van der Waals surface area contributed by atoms with Gasteiger partial charge >= 0.3 is 0 Å². The summed E-state index contributed by atoms with van der Waals surface area (Å²) in [6.45, 7) is 0. The molecule has 150 heavy (non-hydrogen) atoms. The van der Waals surface area contributed by atoms with E-state index < -0.39 is 0 Å². The normalized spacial score (nSPS) is 12.0. The predicted molar refractivity (Wildman–Crippen MR) is 637 cm³/mol. The summed E-state index contributed by atoms with van der Waals surface area (Å²) in [5, 5.41) is 43.6. The molecule has 33 aromatic rings. The van der Waals surface area contributed by atoms with E-state index in [1.165, 1.54) is 234 Å². The highest BCUT2D eigenvalue weighted by Crippen LogP contribution is 2.54. The second-order valence-electron chi connectivity index (χ2n) is 40.0. The van der Waals surface area contributed by atoms with Crippen LogP contribution in [0.5, 0.6) is 0 Å². The van der Waals surface area contributed by atoms with Crippen molar-refractivity contribution < 1.29 is 17.7 Å². The molecule has 0 N–H and O–H groups in total. The van der Waals surface area contributed by atoms with Crippen LogP contribution in [0.4, 0.5) is 0 Å². The van der Waals surface area contributed by atoms with Crippen LogP contribution in [-0.2, 0) is 0 Å². The van der Waals surface area contributed by atoms with Gasteiger partial charge in [-0.3, -0.25) is 0 Å². The summed E-state index contributed by atoms with van der Waals surface area (Å²) in [6.07, 6.45) is 0. The van der Waals surface area contributed by atoms with E-state index in [1.807, 2.05) is 6.07 Å². The topological polar surface area (TPSA) is 52.6 Å². The number of rotatable bonds is 8. The second kappa shape index (κ2) is 33.9. The molecule has 0 saturated heterocycles. The van der Waals surface area contributed by atoms with Gasteiger partial charge in [0.05, 0.1) is 0 Å². The monoisotopic (exact) mass is 1900 g/mol. The molecular formula is C146H86O4. The third kappa shape index (κ3) is 13.5. The van der Waals surface area contributed by atoms with Crippen LogP contribution in [0.25, 0.3) is 328 Å². The maximum atomic E-state index is 6.73. The average Bonchev–Trinajstić information content (AvgIpc) is 0.754. The van der Waals surface area contributed by atoms with Gasteiger partial charge in [0.15, 0.2) is 0 Å². The highest BCUT2D eigenvalue weighted by molar-refractivity contribution is 6.31. The minimum Gasteiger partial charge on any atom is -0.456 e. The van der Waals surface area contributed by atoms with Crippen molar-refractivity contribution in [2.24, 2.45) is 0 Å². The lowest BCUT2D eigenvalue weighted by Gasteiger charge is -2.19. The van der Waals surface area contributed by atoms with E-state index in [-0.39, 0.29) is 0 Å². The van der Waals surface area contributed by atoms with E-state index in [0.717, 1.165) is 93.5 Å². The van der Waals surface area contributed by atoms with Crippen LogP contribution in [0, 0.1) is 0 Å². The van der Waals surface area contributed by atoms with Gasteiger partial charge in [0.2, 0.25) is 0 Å². The van der Waals surface area contributed by atoms with E-state index >= 15 is 0 Å². The molecule has 29 aromatic carbocycles. The Balaban J connectivity index is 0.000000101. The molecule has 0 aliphatic rings. The first-order valence-electron chi connectivity index (χ1n) is 51.6. The third-order valence-corrected chi connectivity index (χ3v) is 31.8. The minimum atomic E-state index is 0.906. The molecule has 0 atom stereocenters. The zero-order valence-corrected chi connectivity index (χ0v) is 81.3. The highest BCUT2D eigenvalue weighted by atomic mass is 16.3. The van der Waals surface area contributed by atoms with Crippen molar-refractivity contribution in [3.05, 3.63) is 522 Å². The maximum absolute atomic E-state index is 6.73. The SMILES string of the molecule is c1ccc2c(c1)ccc1oc3ccc(-c4c5ccccc5c(-c5ccc6oc7ccc8ccccc8c7c6c5)c5ccccc45)cc3c12.c1ccc2cc(-c3c4ccccc4c(-c4ccc5ccccc5c4)c4cc(-c5c6ccccc6cc6c5oc5ccccc56)ccc34)ccc2c1.c1ccc2cc(-c3c4ccccc4c(-c4ccc5ccccc5c4)c4cc(-c5cc6c7ccccc7oc6c6ccccc56)ccc34)ccc2c1. The van der Waals surface area contributed by atoms with Crippen molar-refractivity contribution in [3.8, 4) is 89.0 Å². The van der Waals surface area contributed by atoms with Gasteiger partial charge in [0.1, 0.15) is 44.7 Å². The van der Waals surface area contributed by atoms with E-state index in [2.05, 4.69) is 516 Å². The van der Waals surface area contributed by atoms with Gasteiger partial charge in [-0.15, -0.1) is 0 Å². The molecule has 0 amide bonds. The van der Waals surface area contributed by atoms with Gasteiger partial charge in [0, 0.05) is 54.0 Å². The van der Waals surface area contributed by atoms with E-state index in [9.17, 15) is 0 Å². The van der Waals surface area contributed by atoms with Crippen LogP contribution in [0.15, 0.2) is 539 Å². The summed E-state index contributed by atoms with van der Waals surface area (Å²) < 4.78 is 26.0. The standard InChI is InChI=1S/2C50H30O.C46H26O2/c1-3-13-33-27-36(23-21-31(33)11-1)48-40-17-6-7-18-41(40)49(37-24-22-32-12-2-4-14-34(32)28-37)45-29-35(25-26-42(45)48)44-30-46-39-16-9-10-20-47(39)51-50(46)43-19-8-5-15-38(43)44;1-3-13-33-27-36(23-21-31(33)11-1)47-41-18-7-8-19-42(41)48(37-24-22-32-12-2-4-14-34(32)28-37)44-30-38(25-26-43(44)47)49-39-16-6-5-15-35(39)29-45-40-17-9-10-20-46(40)51-50(45)49;1-3-11-31-27(9-1)17-23-41-45(31)37-25-29(19-21-39(37)47-41)43-33-13-5-7-15-35(33)44(36-16-8-6-14-34(36)43)30-20-22-40-38(26-30)46-32-12-4-2-10-28(32)18-24-42(46)48-40/h2*1-30H;1-26H. The first kappa shape index (κ1) is 84.7. The second-order valence-corrected chi connectivity index (χ2v) is 40.0. The predicted octanol–water partition coefficient (Wildman–Crippen LogP) is 42.1. The molecular weight excluding hydrogens is 1820 g/mol. The van der Waals surface area contributed by atoms with Gasteiger partial charge in [-0.05, 0) is 326 Å². The lowest BCUT2D eigenvalue weighted by Crippen LogP contribution is -1.92. The van der Waals surface area contributed by atoms with Crippen molar-refractivity contribution in [2.45, 2.75) is 0 Å². The number of hydrogen-bond donors (Lipinski definition) is 0. The summed E-state index contributed by atoms with van der Waals surface area (Å²) in [5.41, 5.74) is 26.8. The maximum Gasteiger partial charge on any atom is 0.143 e. The lowest BCUT2D eigenvalue weighted by atomic mass is 9.83. The van der Waals surface area contributed by atoms with Crippen molar-refractivity contribution >= 4 is 239 Å². The molecule has 0 fully saturated rings. The Hall–Kier alpha value is -19.8. The fraction of sp³-hybridized carbons (Fsp3) is 0. The number of fused-ring (bicyclic) bond motifs is 29. The van der Waals surface area contributed by atoms with Crippen molar-refractivity contribution in [1.29, 1.82) is 0 Å². The Kier molecular flexibility index (Phi) is 19.2. The highest BCUT2D eigenvalue weighted by Gasteiger charge is 2.28. The quantitative estimate of drug-likeness (QED) is 0.142. The largest absolute Gasteiger partial charge is 0.456 e. The van der Waals surface area contributed by atoms with Crippen LogP contribution in [-0.4, -0.2) is 0 Å². The van der Waals surface area contributed by atoms with Gasteiger partial charge in [0.25, 0.3) is 0 Å². The van der Waals surface area contributed by atoms with Crippen molar-refractivity contribution in [2.75, 3.05) is 0 Å². The Morgan fingerprint density at radius 2 is 0.347 bits per heavy atom. The van der Waals surface area contributed by atoms with E-state index in [1.54, 1.807) is 0 Å². The number of furan rings is 4. The summed E-state index contributed by atoms with van der Waals surface area (Å²) in [4.78, 5) is 0. The number of benzene rings is 29. The fourth-order valence-electron chi connectivity index (χ4n) is 25.1. The molecule has 0 bridgehead atoms. The summed E-state index contributed by atoms with van der Waals surface area (Å²) in [5.74, 6) is 0. The molecule has 33 rings (SSSR count). The molecule has 0 unspecified atom stereocenters. The van der Waals surface area contributed by atoms with Crippen LogP contribution in [0.2, 0.25) is 0 Å². The molecule has 0 spiro atoms. The van der Waals surface area contributed by atoms with E-state index in [0.29, 0.717) is 0 Å². The summed E-state index contributed by atoms with van der Waals surface area (Å²) in [7, 11) is 0. The third-order valence-electron chi connectivity index (χ3n) is 31.8. The van der Waals surface area contributed by atoms with Crippen LogP contribution in [0.3, 0.4) is 0 Å². The zero-order chi connectivity index (χ0) is 98.3. The molecule has 0 radical (unpaired) electrons. The zero-order valence-electron chi connectivity index (χ0n) is 81.3. The fourth-order valence-corrected chi connectivity index (χ4v) is 25.1. The summed E-state index contributed by atoms with van der Waals surface area (Å²) >= 11 is 0. The molecule has 694 valence electrons. The average molecular weight is 1900 g/mol. The molecule has 0 aliphatic carbocycles. The number of para-hydroxylation sites is 2. The van der Waals surface area contributed by atoms with Gasteiger partial charge in [-0.2, -0.15) is 0 Å². The lowest BCUT2D eigenvalue weighted by molar-refractivity contribution is 0.669. The van der Waals surface area contributed by atoms with Gasteiger partial charge in [-0.25, -0.2) is 0 Å². The van der Waals surface area contributed by atoms with Gasteiger partial charge < -0.3 is 17.7 Å². The van der Waals surface area contributed by atoms with E-state index in [4.69, 9.17) is 17.7 Å². The van der Waals surface area contributed by atoms with Crippen LogP contribution >= 0.6 is 0 Å². The molecule has 4 heteroatoms. The smallest absolute Gasteiger partial charge is 0.143 e. The summed E-state index contributed by atoms with van der Waals surface area (Å²) in [6, 6.07) is 190. The molecule has 4 nitrogen and oxygen atoms in total. The number of hydrogen-bond acceptors (Lipinski definition) is 4. The minimum absolute atomic E-state index is 0.906. The van der Waals surface area contributed by atoms with Gasteiger partial charge in [-0.1, -0.05) is 425 Å². The molecule has 0 saturated carbocycles. The first-order valence-corrected chi connectivity index (χ1v) is 51.6. The molecule has 4 aromatic heterocycles. The molecule has 0 aliphatic heterocycles. The van der Waals surface area contributed by atoms with Crippen LogP contribution < -0.4 is 0 Å². The van der Waals surface area contributed by atoms with Crippen molar-refractivity contribution in [3.63, 3.8) is 0 Å².